The van der Waals surface area contributed by atoms with Gasteiger partial charge in [-0.25, -0.2) is 0 Å². The topological polar surface area (TPSA) is 0 Å². The standard InChI is InChI=1S/2C8H8.2ClH.2Cu/c2*1-2-4-6-8-7-5-3-1;;;;/h2*1-2,7-8H2;2*1H;;/q;;;;2*+1/p-2. The number of rotatable bonds is 0. The normalized spacial score (nSPS) is 12.8. The average Bonchev–Trinajstić information content (AvgIpc) is 2.15. The van der Waals surface area contributed by atoms with Crippen molar-refractivity contribution in [1.82, 2.24) is 0 Å². The van der Waals surface area contributed by atoms with Crippen LogP contribution in [0.3, 0.4) is 0 Å². The van der Waals surface area contributed by atoms with E-state index in [9.17, 15) is 0 Å². The zero-order valence-corrected chi connectivity index (χ0v) is 14.4. The Labute approximate surface area is 157 Å². The monoisotopic (exact) mass is 404 g/mol. The van der Waals surface area contributed by atoms with E-state index in [0.717, 1.165) is 51.4 Å². The summed E-state index contributed by atoms with van der Waals surface area (Å²) in [6, 6.07) is 0. The first kappa shape index (κ1) is 28.1. The molecule has 0 nitrogen and oxygen atoms in total. The third-order valence-electron chi connectivity index (χ3n) is 2.00. The molecular weight excluding hydrogens is 390 g/mol. The minimum Gasteiger partial charge on any atom is -1.00 e. The molecule has 116 valence electrons. The fourth-order valence-corrected chi connectivity index (χ4v) is 1.21. The molecular formula is C16H16Cl2Cu2. The van der Waals surface area contributed by atoms with Crippen molar-refractivity contribution in [2.75, 3.05) is 0 Å². The first-order chi connectivity index (χ1) is 8.00. The van der Waals surface area contributed by atoms with Crippen LogP contribution in [0.25, 0.3) is 0 Å². The number of halogens is 2. The van der Waals surface area contributed by atoms with Crippen molar-refractivity contribution in [1.29, 1.82) is 0 Å². The Bertz CT molecular complexity index is 322. The van der Waals surface area contributed by atoms with Crippen molar-refractivity contribution in [3.8, 4) is 47.4 Å². The average molecular weight is 406 g/mol. The van der Waals surface area contributed by atoms with Crippen LogP contribution in [-0.2, 0) is 34.1 Å². The number of hydrogen-bond acceptors (Lipinski definition) is 0. The van der Waals surface area contributed by atoms with Gasteiger partial charge in [-0.1, -0.05) is 0 Å². The summed E-state index contributed by atoms with van der Waals surface area (Å²) >= 11 is 0. The summed E-state index contributed by atoms with van der Waals surface area (Å²) in [5, 5.41) is 0. The van der Waals surface area contributed by atoms with E-state index >= 15 is 0 Å². The largest absolute Gasteiger partial charge is 1.00 e. The summed E-state index contributed by atoms with van der Waals surface area (Å²) in [6.45, 7) is 0. The van der Waals surface area contributed by atoms with Gasteiger partial charge < -0.3 is 24.8 Å². The van der Waals surface area contributed by atoms with Crippen LogP contribution in [0.5, 0.6) is 0 Å². The Morgan fingerprint density at radius 2 is 0.400 bits per heavy atom. The Kier molecular flexibility index (Phi) is 33.6. The summed E-state index contributed by atoms with van der Waals surface area (Å²) < 4.78 is 0. The molecule has 0 aromatic carbocycles. The summed E-state index contributed by atoms with van der Waals surface area (Å²) in [7, 11) is 0. The van der Waals surface area contributed by atoms with Crippen LogP contribution in [0.2, 0.25) is 0 Å². The van der Waals surface area contributed by atoms with Crippen molar-refractivity contribution in [3.63, 3.8) is 0 Å². The maximum atomic E-state index is 3.03. The second-order valence-corrected chi connectivity index (χ2v) is 3.41. The maximum absolute atomic E-state index is 3.03. The molecule has 20 heavy (non-hydrogen) atoms. The first-order valence-corrected chi connectivity index (χ1v) is 5.83. The Morgan fingerprint density at radius 3 is 0.500 bits per heavy atom. The minimum absolute atomic E-state index is 0. The summed E-state index contributed by atoms with van der Waals surface area (Å²) in [5.74, 6) is 24.3. The molecule has 0 saturated carbocycles. The molecule has 2 rings (SSSR count). The predicted octanol–water partition coefficient (Wildman–Crippen LogP) is -2.86. The second-order valence-electron chi connectivity index (χ2n) is 3.41. The first-order valence-electron chi connectivity index (χ1n) is 5.83. The fraction of sp³-hybridized carbons (Fsp3) is 0.500. The van der Waals surface area contributed by atoms with E-state index in [1.807, 2.05) is 0 Å². The van der Waals surface area contributed by atoms with Crippen LogP contribution in [0.15, 0.2) is 0 Å². The molecule has 2 aliphatic carbocycles. The molecule has 0 radical (unpaired) electrons. The molecule has 0 aliphatic heterocycles. The van der Waals surface area contributed by atoms with Gasteiger partial charge in [-0.3, -0.25) is 0 Å². The van der Waals surface area contributed by atoms with Crippen molar-refractivity contribution in [2.24, 2.45) is 0 Å². The Morgan fingerprint density at radius 1 is 0.300 bits per heavy atom. The van der Waals surface area contributed by atoms with E-state index in [1.54, 1.807) is 0 Å². The minimum atomic E-state index is 0. The van der Waals surface area contributed by atoms with Crippen molar-refractivity contribution < 1.29 is 59.0 Å². The van der Waals surface area contributed by atoms with Crippen molar-refractivity contribution >= 4 is 0 Å². The van der Waals surface area contributed by atoms with Gasteiger partial charge in [-0.05, 0) is 0 Å². The molecule has 0 bridgehead atoms. The van der Waals surface area contributed by atoms with Crippen LogP contribution in [0, 0.1) is 47.4 Å². The van der Waals surface area contributed by atoms with Crippen LogP contribution in [-0.4, -0.2) is 0 Å². The van der Waals surface area contributed by atoms with Gasteiger partial charge in [0.2, 0.25) is 0 Å². The van der Waals surface area contributed by atoms with Crippen LogP contribution in [0.4, 0.5) is 0 Å². The Hall–Kier alpha value is -0.141. The van der Waals surface area contributed by atoms with Gasteiger partial charge in [0.25, 0.3) is 0 Å². The van der Waals surface area contributed by atoms with Gasteiger partial charge in [-0.15, -0.1) is 47.4 Å². The van der Waals surface area contributed by atoms with E-state index in [1.165, 1.54) is 0 Å². The van der Waals surface area contributed by atoms with Crippen LogP contribution < -0.4 is 24.8 Å². The maximum Gasteiger partial charge on any atom is 1.00 e. The zero-order valence-electron chi connectivity index (χ0n) is 11.0. The fourth-order valence-electron chi connectivity index (χ4n) is 1.21. The van der Waals surface area contributed by atoms with Crippen LogP contribution in [0.1, 0.15) is 51.4 Å². The van der Waals surface area contributed by atoms with Gasteiger partial charge in [0, 0.05) is 51.4 Å². The summed E-state index contributed by atoms with van der Waals surface area (Å²) in [5.41, 5.74) is 0. The summed E-state index contributed by atoms with van der Waals surface area (Å²) in [4.78, 5) is 0. The molecule has 0 heterocycles. The molecule has 0 amide bonds. The predicted molar refractivity (Wildman–Crippen MR) is 68.0 cm³/mol. The van der Waals surface area contributed by atoms with E-state index in [2.05, 4.69) is 47.4 Å². The molecule has 0 atom stereocenters. The molecule has 0 spiro atoms. The molecule has 0 unspecified atom stereocenters. The third kappa shape index (κ3) is 20.2. The molecule has 0 N–H and O–H groups in total. The van der Waals surface area contributed by atoms with Crippen molar-refractivity contribution in [3.05, 3.63) is 0 Å². The SMILES string of the molecule is C1#CCCC#CCC1.C1#CCCC#CCC1.[Cl-].[Cl-].[Cu+].[Cu+]. The smallest absolute Gasteiger partial charge is 1.00 e. The van der Waals surface area contributed by atoms with E-state index < -0.39 is 0 Å². The Balaban J connectivity index is -0.000000107. The van der Waals surface area contributed by atoms with E-state index in [4.69, 9.17) is 0 Å². The van der Waals surface area contributed by atoms with Gasteiger partial charge in [0.1, 0.15) is 0 Å². The van der Waals surface area contributed by atoms with E-state index in [0.29, 0.717) is 0 Å². The quantitative estimate of drug-likeness (QED) is 0.300. The zero-order chi connectivity index (χ0) is 11.3. The second kappa shape index (κ2) is 23.9. The molecule has 0 fully saturated rings. The molecule has 0 aromatic heterocycles. The summed E-state index contributed by atoms with van der Waals surface area (Å²) in [6.07, 6.45) is 7.72. The van der Waals surface area contributed by atoms with Crippen LogP contribution >= 0.6 is 0 Å². The van der Waals surface area contributed by atoms with Gasteiger partial charge in [-0.2, -0.15) is 0 Å². The molecule has 0 aromatic rings. The van der Waals surface area contributed by atoms with Gasteiger partial charge >= 0.3 is 34.1 Å². The third-order valence-corrected chi connectivity index (χ3v) is 2.00. The van der Waals surface area contributed by atoms with Gasteiger partial charge in [0.15, 0.2) is 0 Å². The van der Waals surface area contributed by atoms with Crippen molar-refractivity contribution in [2.45, 2.75) is 51.4 Å². The molecule has 2 aliphatic rings. The molecule has 0 saturated heterocycles. The number of hydrogen-bond donors (Lipinski definition) is 0. The molecule has 4 heteroatoms. The van der Waals surface area contributed by atoms with Gasteiger partial charge in [0.05, 0.1) is 0 Å². The van der Waals surface area contributed by atoms with E-state index in [-0.39, 0.29) is 59.0 Å².